The minimum Gasteiger partial charge on any atom is -0.444 e. The lowest BCUT2D eigenvalue weighted by molar-refractivity contribution is -0.117. The minimum absolute atomic E-state index is 0.0157. The van der Waals surface area contributed by atoms with E-state index in [9.17, 15) is 19.2 Å². The van der Waals surface area contributed by atoms with Gasteiger partial charge in [0.1, 0.15) is 22.9 Å². The van der Waals surface area contributed by atoms with Crippen LogP contribution in [0.15, 0.2) is 21.6 Å². The van der Waals surface area contributed by atoms with Gasteiger partial charge in [-0.2, -0.15) is 10.2 Å². The number of ether oxygens (including phenoxy) is 1. The Hall–Kier alpha value is -3.13. The molecule has 2 amide bonds. The first-order chi connectivity index (χ1) is 14.4. The van der Waals surface area contributed by atoms with Crippen molar-refractivity contribution in [1.29, 1.82) is 5.26 Å². The molecule has 1 atom stereocenters. The first kappa shape index (κ1) is 22.6. The van der Waals surface area contributed by atoms with Crippen LogP contribution >= 0.6 is 11.8 Å². The monoisotopic (exact) mass is 447 g/mol. The summed E-state index contributed by atoms with van der Waals surface area (Å²) in [5.41, 5.74) is -1.37. The smallest absolute Gasteiger partial charge is 0.408 e. The number of rotatable bonds is 3. The Labute approximate surface area is 182 Å². The first-order valence-electron chi connectivity index (χ1n) is 9.42. The number of benzene rings is 1. The Morgan fingerprint density at radius 3 is 2.74 bits per heavy atom. The third-order valence-corrected chi connectivity index (χ3v) is 5.37. The normalized spacial score (nSPS) is 16.5. The van der Waals surface area contributed by atoms with Crippen LogP contribution < -0.4 is 10.6 Å². The minimum atomic E-state index is -1.03. The van der Waals surface area contributed by atoms with Gasteiger partial charge in [-0.15, -0.1) is 11.8 Å². The quantitative estimate of drug-likeness (QED) is 0.730. The number of fused-ring (bicyclic) bond motifs is 1. The third-order valence-electron chi connectivity index (χ3n) is 4.22. The van der Waals surface area contributed by atoms with E-state index in [0.29, 0.717) is 10.6 Å². The average Bonchev–Trinajstić information content (AvgIpc) is 3.10. The molecule has 0 unspecified atom stereocenters. The van der Waals surface area contributed by atoms with Gasteiger partial charge >= 0.3 is 6.09 Å². The molecule has 0 bridgehead atoms. The number of carbonyl (C=O) groups excluding carboxylic acids is 2. The highest BCUT2D eigenvalue weighted by molar-refractivity contribution is 7.99. The Kier molecular flexibility index (Phi) is 5.96. The van der Waals surface area contributed by atoms with Crippen molar-refractivity contribution in [2.45, 2.75) is 56.6 Å². The highest BCUT2D eigenvalue weighted by atomic mass is 32.2. The van der Waals surface area contributed by atoms with Gasteiger partial charge < -0.3 is 19.9 Å². The summed E-state index contributed by atoms with van der Waals surface area (Å²) in [6.45, 7) is 8.36. The van der Waals surface area contributed by atoms with Gasteiger partial charge in [-0.1, -0.05) is 5.16 Å². The average molecular weight is 447 g/mol. The van der Waals surface area contributed by atoms with E-state index in [0.717, 1.165) is 0 Å². The zero-order valence-corrected chi connectivity index (χ0v) is 18.5. The fraction of sp³-hybridized carbons (Fsp3) is 0.450. The predicted octanol–water partition coefficient (Wildman–Crippen LogP) is 3.61. The molecule has 0 radical (unpaired) electrons. The molecule has 0 saturated carbocycles. The van der Waals surface area contributed by atoms with Crippen molar-refractivity contribution >= 4 is 29.4 Å². The Balaban J connectivity index is 1.83. The van der Waals surface area contributed by atoms with E-state index < -0.39 is 34.9 Å². The lowest BCUT2D eigenvalue weighted by atomic mass is 9.96. The molecule has 9 nitrogen and oxygen atoms in total. The molecule has 0 saturated heterocycles. The number of hydrogen-bond donors (Lipinski definition) is 2. The highest BCUT2D eigenvalue weighted by Crippen LogP contribution is 2.36. The molecule has 3 rings (SSSR count). The van der Waals surface area contributed by atoms with Crippen molar-refractivity contribution in [2.24, 2.45) is 0 Å². The van der Waals surface area contributed by atoms with E-state index in [-0.39, 0.29) is 23.0 Å². The maximum Gasteiger partial charge on any atom is 0.408 e. The molecular formula is C20H22FN5O4S. The largest absolute Gasteiger partial charge is 0.444 e. The van der Waals surface area contributed by atoms with E-state index in [1.807, 2.05) is 6.07 Å². The second-order valence-corrected chi connectivity index (χ2v) is 9.55. The number of hydrogen-bond acceptors (Lipinski definition) is 8. The molecule has 1 aromatic carbocycles. The number of nitrogens with zero attached hydrogens (tertiary/aromatic N) is 3. The summed E-state index contributed by atoms with van der Waals surface area (Å²) in [6, 6.07) is 3.83. The van der Waals surface area contributed by atoms with Crippen molar-refractivity contribution in [3.8, 4) is 17.5 Å². The number of alkyl carbamates (subject to hydrolysis) is 1. The van der Waals surface area contributed by atoms with Gasteiger partial charge in [0, 0.05) is 10.6 Å². The van der Waals surface area contributed by atoms with Gasteiger partial charge in [-0.25, -0.2) is 9.18 Å². The van der Waals surface area contributed by atoms with Crippen LogP contribution in [0.4, 0.5) is 14.9 Å². The summed E-state index contributed by atoms with van der Waals surface area (Å²) in [5.74, 6) is -0.861. The number of halogens is 1. The van der Waals surface area contributed by atoms with Crippen molar-refractivity contribution in [1.82, 2.24) is 15.5 Å². The number of thioether (sulfide) groups is 1. The summed E-state index contributed by atoms with van der Waals surface area (Å²) < 4.78 is 25.1. The van der Waals surface area contributed by atoms with Gasteiger partial charge in [0.2, 0.25) is 17.6 Å². The van der Waals surface area contributed by atoms with E-state index in [4.69, 9.17) is 9.26 Å². The van der Waals surface area contributed by atoms with Crippen LogP contribution in [0, 0.1) is 17.1 Å². The zero-order valence-electron chi connectivity index (χ0n) is 17.7. The maximum absolute atomic E-state index is 14.8. The predicted molar refractivity (Wildman–Crippen MR) is 111 cm³/mol. The summed E-state index contributed by atoms with van der Waals surface area (Å²) in [7, 11) is 0. The summed E-state index contributed by atoms with van der Waals surface area (Å²) in [5, 5.41) is 18.2. The molecule has 0 spiro atoms. The number of nitriles is 1. The number of amides is 2. The molecule has 2 aromatic rings. The first-order valence-corrected chi connectivity index (χ1v) is 10.4. The molecule has 1 aromatic heterocycles. The molecule has 31 heavy (non-hydrogen) atoms. The van der Waals surface area contributed by atoms with Crippen LogP contribution in [-0.4, -0.2) is 39.5 Å². The molecule has 2 heterocycles. The van der Waals surface area contributed by atoms with E-state index in [1.54, 1.807) is 34.6 Å². The van der Waals surface area contributed by atoms with Gasteiger partial charge in [-0.05, 0) is 46.8 Å². The molecular weight excluding hydrogens is 425 g/mol. The summed E-state index contributed by atoms with van der Waals surface area (Å²) >= 11 is 1.21. The number of anilines is 1. The highest BCUT2D eigenvalue weighted by Gasteiger charge is 2.31. The maximum atomic E-state index is 14.8. The van der Waals surface area contributed by atoms with Crippen LogP contribution in [0.5, 0.6) is 0 Å². The van der Waals surface area contributed by atoms with Crippen LogP contribution in [0.25, 0.3) is 11.4 Å². The van der Waals surface area contributed by atoms with Crippen molar-refractivity contribution < 1.29 is 23.2 Å². The standard InChI is InChI=1S/C20H22FN5O4S/c1-19(2,3)29-18(28)24-13-8-31-14-7-11(21)10(6-12(14)23-16(13)27)15-25-17(30-26-15)20(4,5)9-22/h6-7,13H,8H2,1-5H3,(H,23,27)(H,24,28)/t13-/m0/s1. The Bertz CT molecular complexity index is 1070. The van der Waals surface area contributed by atoms with Gasteiger partial charge in [0.25, 0.3) is 0 Å². The van der Waals surface area contributed by atoms with E-state index in [2.05, 4.69) is 20.8 Å². The number of carbonyl (C=O) groups is 2. The summed E-state index contributed by atoms with van der Waals surface area (Å²) in [6.07, 6.45) is -0.717. The fourth-order valence-corrected chi connectivity index (χ4v) is 3.64. The third kappa shape index (κ3) is 5.14. The lowest BCUT2D eigenvalue weighted by Gasteiger charge is -2.22. The van der Waals surface area contributed by atoms with Crippen molar-refractivity contribution in [2.75, 3.05) is 11.1 Å². The van der Waals surface area contributed by atoms with Gasteiger partial charge in [-0.3, -0.25) is 4.79 Å². The Morgan fingerprint density at radius 1 is 1.39 bits per heavy atom. The molecule has 2 N–H and O–H groups in total. The fourth-order valence-electron chi connectivity index (χ4n) is 2.60. The van der Waals surface area contributed by atoms with Gasteiger partial charge in [0.15, 0.2) is 0 Å². The van der Waals surface area contributed by atoms with E-state index >= 15 is 0 Å². The number of aromatic nitrogens is 2. The van der Waals surface area contributed by atoms with Crippen LogP contribution in [-0.2, 0) is 14.9 Å². The van der Waals surface area contributed by atoms with Crippen LogP contribution in [0.3, 0.4) is 0 Å². The molecule has 164 valence electrons. The zero-order chi connectivity index (χ0) is 23.0. The van der Waals surface area contributed by atoms with Crippen LogP contribution in [0.2, 0.25) is 0 Å². The van der Waals surface area contributed by atoms with Gasteiger partial charge in [0.05, 0.1) is 17.3 Å². The molecule has 0 fully saturated rings. The van der Waals surface area contributed by atoms with E-state index in [1.165, 1.54) is 23.9 Å². The lowest BCUT2D eigenvalue weighted by Crippen LogP contribution is -2.46. The number of nitrogens with one attached hydrogen (secondary N) is 2. The molecule has 1 aliphatic rings. The van der Waals surface area contributed by atoms with Crippen LogP contribution in [0.1, 0.15) is 40.5 Å². The molecule has 11 heteroatoms. The second-order valence-electron chi connectivity index (χ2n) is 8.49. The summed E-state index contributed by atoms with van der Waals surface area (Å²) in [4.78, 5) is 29.3. The van der Waals surface area contributed by atoms with Crippen molar-refractivity contribution in [3.63, 3.8) is 0 Å². The molecule has 1 aliphatic heterocycles. The Morgan fingerprint density at radius 2 is 2.10 bits per heavy atom. The van der Waals surface area contributed by atoms with Crippen molar-refractivity contribution in [3.05, 3.63) is 23.8 Å². The molecule has 0 aliphatic carbocycles. The topological polar surface area (TPSA) is 130 Å². The second kappa shape index (κ2) is 8.19. The SMILES string of the molecule is CC(C)(C)OC(=O)N[C@H]1CSc2cc(F)c(-c3noc(C(C)(C)C#N)n3)cc2NC1=O.